The fourth-order valence-electron chi connectivity index (χ4n) is 4.63. The third-order valence-electron chi connectivity index (χ3n) is 6.53. The second-order valence-corrected chi connectivity index (χ2v) is 8.73. The summed E-state index contributed by atoms with van der Waals surface area (Å²) in [6.45, 7) is 2.83. The van der Waals surface area contributed by atoms with E-state index in [9.17, 15) is 9.59 Å². The molecular weight excluding hydrogens is 486 g/mol. The van der Waals surface area contributed by atoms with Crippen molar-refractivity contribution in [3.8, 4) is 23.0 Å². The normalized spacial score (nSPS) is 13.7. The summed E-state index contributed by atoms with van der Waals surface area (Å²) >= 11 is 0. The van der Waals surface area contributed by atoms with Crippen LogP contribution in [-0.4, -0.2) is 30.5 Å². The van der Waals surface area contributed by atoms with Gasteiger partial charge in [-0.05, 0) is 55.5 Å². The molecule has 0 radical (unpaired) electrons. The Morgan fingerprint density at radius 1 is 1.00 bits per heavy atom. The van der Waals surface area contributed by atoms with Gasteiger partial charge in [0, 0.05) is 40.7 Å². The molecule has 0 bridgehead atoms. The Kier molecular flexibility index (Phi) is 5.64. The van der Waals surface area contributed by atoms with Gasteiger partial charge in [-0.3, -0.25) is 4.79 Å². The van der Waals surface area contributed by atoms with Gasteiger partial charge < -0.3 is 27.9 Å². The molecule has 8 nitrogen and oxygen atoms in total. The van der Waals surface area contributed by atoms with Gasteiger partial charge in [-0.2, -0.15) is 0 Å². The van der Waals surface area contributed by atoms with Crippen molar-refractivity contribution in [2.24, 2.45) is 0 Å². The van der Waals surface area contributed by atoms with Gasteiger partial charge >= 0.3 is 5.97 Å². The molecule has 0 spiro atoms. The fraction of sp³-hybridized carbons (Fsp3) is 0.133. The number of hydrogen-bond acceptors (Lipinski definition) is 7. The van der Waals surface area contributed by atoms with Gasteiger partial charge in [-0.25, -0.2) is 4.79 Å². The van der Waals surface area contributed by atoms with E-state index in [-0.39, 0.29) is 23.1 Å². The number of benzene rings is 3. The summed E-state index contributed by atoms with van der Waals surface area (Å²) in [5, 5.41) is 1.67. The van der Waals surface area contributed by atoms with Crippen LogP contribution >= 0.6 is 0 Å². The number of methoxy groups -OCH3 is 2. The van der Waals surface area contributed by atoms with Crippen LogP contribution in [0.3, 0.4) is 0 Å². The predicted octanol–water partition coefficient (Wildman–Crippen LogP) is 6.26. The highest BCUT2D eigenvalue weighted by Gasteiger charge is 2.29. The van der Waals surface area contributed by atoms with Gasteiger partial charge in [0.2, 0.25) is 11.5 Å². The molecule has 0 amide bonds. The number of para-hydroxylation sites is 1. The molecule has 2 aromatic heterocycles. The molecule has 1 aliphatic rings. The van der Waals surface area contributed by atoms with Crippen LogP contribution in [0.15, 0.2) is 77.0 Å². The molecule has 0 saturated carbocycles. The number of carbonyl (C=O) groups is 2. The maximum Gasteiger partial charge on any atom is 0.379 e. The van der Waals surface area contributed by atoms with Gasteiger partial charge in [-0.15, -0.1) is 0 Å². The summed E-state index contributed by atoms with van der Waals surface area (Å²) in [6, 6.07) is 17.5. The van der Waals surface area contributed by atoms with Gasteiger partial charge in [0.05, 0.1) is 19.8 Å². The van der Waals surface area contributed by atoms with Crippen LogP contribution in [-0.2, 0) is 6.54 Å². The van der Waals surface area contributed by atoms with Crippen LogP contribution in [0, 0.1) is 0 Å². The van der Waals surface area contributed by atoms with E-state index >= 15 is 0 Å². The van der Waals surface area contributed by atoms with Crippen molar-refractivity contribution >= 4 is 39.7 Å². The number of Topliss-reactive ketones (excluding diaryl/α,β-unsaturated/α-hetero) is 1. The molecule has 0 fully saturated rings. The van der Waals surface area contributed by atoms with E-state index in [1.165, 1.54) is 13.2 Å². The SMILES string of the molecule is CCn1cc(/C=C2\Oc3cc(OC(=O)c4cc5cccc(OC)c5o4)ccc3C2=O)c2cc(OC)ccc21. The number of rotatable bonds is 6. The van der Waals surface area contributed by atoms with E-state index in [0.29, 0.717) is 22.6 Å². The van der Waals surface area contributed by atoms with Crippen molar-refractivity contribution < 1.29 is 33.0 Å². The summed E-state index contributed by atoms with van der Waals surface area (Å²) in [6.07, 6.45) is 3.70. The average molecular weight is 510 g/mol. The summed E-state index contributed by atoms with van der Waals surface area (Å²) < 4.78 is 29.9. The first kappa shape index (κ1) is 23.4. The van der Waals surface area contributed by atoms with Crippen LogP contribution < -0.4 is 18.9 Å². The molecular formula is C30H23NO7. The minimum atomic E-state index is -0.676. The molecule has 1 aliphatic heterocycles. The number of aromatic nitrogens is 1. The standard InChI is InChI=1S/C30H23NO7/c1-4-31-16-18(22-14-19(34-2)9-11-23(22)31)13-26-28(32)21-10-8-20(15-25(21)37-26)36-30(33)27-12-17-6-5-7-24(35-3)29(17)38-27/h5-16H,4H2,1-3H3/b26-13-. The highest BCUT2D eigenvalue weighted by molar-refractivity contribution is 6.15. The number of ketones is 1. The lowest BCUT2D eigenvalue weighted by Gasteiger charge is -2.04. The van der Waals surface area contributed by atoms with E-state index in [1.807, 2.05) is 36.5 Å². The number of ether oxygens (including phenoxy) is 4. The average Bonchev–Trinajstić information content (AvgIpc) is 3.62. The van der Waals surface area contributed by atoms with Crippen LogP contribution in [0.2, 0.25) is 0 Å². The summed E-state index contributed by atoms with van der Waals surface area (Å²) in [4.78, 5) is 25.9. The van der Waals surface area contributed by atoms with E-state index in [2.05, 4.69) is 11.5 Å². The van der Waals surface area contributed by atoms with Gasteiger partial charge in [0.25, 0.3) is 0 Å². The first-order valence-corrected chi connectivity index (χ1v) is 12.0. The molecule has 190 valence electrons. The highest BCUT2D eigenvalue weighted by Crippen LogP contribution is 2.37. The fourth-order valence-corrected chi connectivity index (χ4v) is 4.63. The summed E-state index contributed by atoms with van der Waals surface area (Å²) in [7, 11) is 3.15. The highest BCUT2D eigenvalue weighted by atomic mass is 16.6. The van der Waals surface area contributed by atoms with Crippen LogP contribution in [0.4, 0.5) is 0 Å². The van der Waals surface area contributed by atoms with Crippen molar-refractivity contribution in [2.45, 2.75) is 13.5 Å². The molecule has 0 atom stereocenters. The molecule has 3 aromatic carbocycles. The number of fused-ring (bicyclic) bond motifs is 3. The van der Waals surface area contributed by atoms with E-state index < -0.39 is 5.97 Å². The van der Waals surface area contributed by atoms with Gasteiger partial charge in [0.15, 0.2) is 17.1 Å². The molecule has 38 heavy (non-hydrogen) atoms. The number of esters is 1. The van der Waals surface area contributed by atoms with Crippen molar-refractivity contribution in [1.29, 1.82) is 0 Å². The Morgan fingerprint density at radius 2 is 1.84 bits per heavy atom. The molecule has 0 saturated heterocycles. The second-order valence-electron chi connectivity index (χ2n) is 8.73. The number of allylic oxidation sites excluding steroid dienone is 1. The minimum absolute atomic E-state index is 0.0327. The van der Waals surface area contributed by atoms with E-state index in [1.54, 1.807) is 37.5 Å². The van der Waals surface area contributed by atoms with Gasteiger partial charge in [-0.1, -0.05) is 12.1 Å². The van der Waals surface area contributed by atoms with E-state index in [4.69, 9.17) is 23.4 Å². The second kappa shape index (κ2) is 9.15. The lowest BCUT2D eigenvalue weighted by atomic mass is 10.1. The smallest absolute Gasteiger partial charge is 0.379 e. The Hall–Kier alpha value is -4.98. The molecule has 3 heterocycles. The Morgan fingerprint density at radius 3 is 2.63 bits per heavy atom. The van der Waals surface area contributed by atoms with Crippen molar-refractivity contribution in [1.82, 2.24) is 4.57 Å². The first-order valence-electron chi connectivity index (χ1n) is 12.0. The third-order valence-corrected chi connectivity index (χ3v) is 6.53. The minimum Gasteiger partial charge on any atom is -0.497 e. The van der Waals surface area contributed by atoms with Crippen molar-refractivity contribution in [3.05, 3.63) is 89.5 Å². The monoisotopic (exact) mass is 509 g/mol. The van der Waals surface area contributed by atoms with Crippen LogP contribution in [0.1, 0.15) is 33.4 Å². The maximum atomic E-state index is 13.1. The Labute approximate surface area is 217 Å². The lowest BCUT2D eigenvalue weighted by Crippen LogP contribution is -2.07. The molecule has 0 N–H and O–H groups in total. The van der Waals surface area contributed by atoms with Crippen LogP contribution in [0.25, 0.3) is 27.9 Å². The first-order chi connectivity index (χ1) is 18.5. The van der Waals surface area contributed by atoms with Crippen molar-refractivity contribution in [2.75, 3.05) is 14.2 Å². The van der Waals surface area contributed by atoms with E-state index in [0.717, 1.165) is 34.1 Å². The Balaban J connectivity index is 1.27. The number of carbonyl (C=O) groups excluding carboxylic acids is 2. The van der Waals surface area contributed by atoms with Gasteiger partial charge in [0.1, 0.15) is 17.2 Å². The zero-order valence-electron chi connectivity index (χ0n) is 20.9. The number of hydrogen-bond donors (Lipinski definition) is 0. The maximum absolute atomic E-state index is 13.1. The van der Waals surface area contributed by atoms with Crippen LogP contribution in [0.5, 0.6) is 23.0 Å². The predicted molar refractivity (Wildman–Crippen MR) is 141 cm³/mol. The molecule has 6 rings (SSSR count). The summed E-state index contributed by atoms with van der Waals surface area (Å²) in [5.41, 5.74) is 2.72. The van der Waals surface area contributed by atoms with Crippen molar-refractivity contribution in [3.63, 3.8) is 0 Å². The number of aryl methyl sites for hydroxylation is 1. The Bertz CT molecular complexity index is 1770. The quantitative estimate of drug-likeness (QED) is 0.152. The number of furan rings is 1. The molecule has 0 aliphatic carbocycles. The summed E-state index contributed by atoms with van der Waals surface area (Å²) in [5.74, 6) is 1.08. The molecule has 0 unspecified atom stereocenters. The number of nitrogens with zero attached hydrogens (tertiary/aromatic N) is 1. The lowest BCUT2D eigenvalue weighted by molar-refractivity contribution is 0.0703. The third kappa shape index (κ3) is 3.87. The topological polar surface area (TPSA) is 89.1 Å². The molecule has 5 aromatic rings. The zero-order valence-corrected chi connectivity index (χ0v) is 20.9. The zero-order chi connectivity index (χ0) is 26.4. The molecule has 8 heteroatoms. The largest absolute Gasteiger partial charge is 0.497 e.